The van der Waals surface area contributed by atoms with E-state index in [1.807, 2.05) is 12.1 Å². The first-order valence-corrected chi connectivity index (χ1v) is 10.6. The molecule has 3 rings (SSSR count). The largest absolute Gasteiger partial charge is 0.477 e. The topological polar surface area (TPSA) is 57.5 Å². The predicted octanol–water partition coefficient (Wildman–Crippen LogP) is 5.40. The van der Waals surface area contributed by atoms with Crippen LogP contribution in [-0.2, 0) is 6.42 Å². The molecule has 1 heterocycles. The number of aliphatic hydroxyl groups excluding tert-OH is 1. The average Bonchev–Trinajstić information content (AvgIpc) is 3.19. The molecule has 2 N–H and O–H groups in total. The third-order valence-electron chi connectivity index (χ3n) is 5.26. The number of hydrogen-bond acceptors (Lipinski definition) is 3. The van der Waals surface area contributed by atoms with E-state index in [0.717, 1.165) is 29.7 Å². The van der Waals surface area contributed by atoms with E-state index in [1.165, 1.54) is 16.9 Å². The van der Waals surface area contributed by atoms with Crippen molar-refractivity contribution >= 4 is 35.0 Å². The summed E-state index contributed by atoms with van der Waals surface area (Å²) in [7, 11) is 0. The quantitative estimate of drug-likeness (QED) is 0.608. The van der Waals surface area contributed by atoms with Crippen LogP contribution in [0.1, 0.15) is 44.9 Å². The van der Waals surface area contributed by atoms with Gasteiger partial charge in [-0.1, -0.05) is 42.0 Å². The van der Waals surface area contributed by atoms with Crippen LogP contribution in [0.3, 0.4) is 0 Å². The van der Waals surface area contributed by atoms with E-state index >= 15 is 0 Å². The Kier molecular flexibility index (Phi) is 6.74. The minimum Gasteiger partial charge on any atom is -0.477 e. The van der Waals surface area contributed by atoms with Gasteiger partial charge in [0.15, 0.2) is 0 Å². The van der Waals surface area contributed by atoms with Gasteiger partial charge in [0.25, 0.3) is 0 Å². The Morgan fingerprint density at radius 2 is 2.15 bits per heavy atom. The Bertz CT molecular complexity index is 813. The standard InChI is InChI=1S/C22H25ClO3S/c1-14-4-2-5-15(12-14)8-10-18-17(19(23)13-20(18)24)7-3-6-16-9-11-21(27-16)22(25)26/h2,4-5,8-12,17-20,24H,3,6-7,13H2,1H3,(H,25,26)/t17?,18-,19-,20?/m1/s1. The highest BCUT2D eigenvalue weighted by Gasteiger charge is 2.39. The molecule has 0 bridgehead atoms. The molecule has 0 amide bonds. The van der Waals surface area contributed by atoms with E-state index < -0.39 is 12.1 Å². The number of aliphatic hydroxyl groups is 1. The maximum atomic E-state index is 11.0. The van der Waals surface area contributed by atoms with Gasteiger partial charge >= 0.3 is 5.97 Å². The molecule has 4 atom stereocenters. The molecule has 27 heavy (non-hydrogen) atoms. The number of thiophene rings is 1. The molecular weight excluding hydrogens is 380 g/mol. The van der Waals surface area contributed by atoms with Crippen LogP contribution in [0.2, 0.25) is 0 Å². The molecule has 0 aliphatic heterocycles. The number of carboxylic acids is 1. The minimum atomic E-state index is -0.868. The molecular formula is C22H25ClO3S. The lowest BCUT2D eigenvalue weighted by Crippen LogP contribution is -2.18. The number of carboxylic acid groups (broad SMARTS) is 1. The normalized spacial score (nSPS) is 25.3. The van der Waals surface area contributed by atoms with E-state index in [-0.39, 0.29) is 17.2 Å². The van der Waals surface area contributed by atoms with Crippen molar-refractivity contribution < 1.29 is 15.0 Å². The molecule has 0 radical (unpaired) electrons. The summed E-state index contributed by atoms with van der Waals surface area (Å²) in [4.78, 5) is 12.5. The maximum absolute atomic E-state index is 11.0. The molecule has 5 heteroatoms. The van der Waals surface area contributed by atoms with Crippen molar-refractivity contribution in [2.75, 3.05) is 0 Å². The lowest BCUT2D eigenvalue weighted by Gasteiger charge is -2.20. The number of alkyl halides is 1. The van der Waals surface area contributed by atoms with Crippen LogP contribution in [0.4, 0.5) is 0 Å². The van der Waals surface area contributed by atoms with Crippen LogP contribution in [0.25, 0.3) is 6.08 Å². The first-order chi connectivity index (χ1) is 12.9. The zero-order valence-electron chi connectivity index (χ0n) is 15.3. The second-order valence-corrected chi connectivity index (χ2v) is 9.03. The van der Waals surface area contributed by atoms with E-state index in [4.69, 9.17) is 16.7 Å². The zero-order valence-corrected chi connectivity index (χ0v) is 16.9. The number of halogens is 1. The minimum absolute atomic E-state index is 0.0231. The molecule has 0 saturated heterocycles. The molecule has 0 spiro atoms. The van der Waals surface area contributed by atoms with Gasteiger partial charge in [-0.25, -0.2) is 4.79 Å². The summed E-state index contributed by atoms with van der Waals surface area (Å²) < 4.78 is 0. The van der Waals surface area contributed by atoms with E-state index in [9.17, 15) is 9.90 Å². The summed E-state index contributed by atoms with van der Waals surface area (Å²) >= 11 is 7.87. The van der Waals surface area contributed by atoms with Gasteiger partial charge in [0.2, 0.25) is 0 Å². The van der Waals surface area contributed by atoms with Crippen LogP contribution in [-0.4, -0.2) is 27.7 Å². The number of hydrogen-bond donors (Lipinski definition) is 2. The molecule has 1 aromatic carbocycles. The molecule has 1 aliphatic rings. The SMILES string of the molecule is Cc1cccc(C=C[C@H]2C(O)C[C@@H](Cl)C2CCCc2ccc(C(=O)O)s2)c1. The summed E-state index contributed by atoms with van der Waals surface area (Å²) in [6, 6.07) is 11.9. The Morgan fingerprint density at radius 1 is 1.33 bits per heavy atom. The van der Waals surface area contributed by atoms with Crippen molar-refractivity contribution in [3.63, 3.8) is 0 Å². The van der Waals surface area contributed by atoms with Crippen LogP contribution in [0.5, 0.6) is 0 Å². The predicted molar refractivity (Wildman–Crippen MR) is 112 cm³/mol. The van der Waals surface area contributed by atoms with Crippen LogP contribution in [0, 0.1) is 18.8 Å². The maximum Gasteiger partial charge on any atom is 0.345 e. The Morgan fingerprint density at radius 3 is 2.85 bits per heavy atom. The van der Waals surface area contributed by atoms with Gasteiger partial charge in [0.1, 0.15) is 4.88 Å². The first kappa shape index (κ1) is 20.1. The van der Waals surface area contributed by atoms with Gasteiger partial charge in [-0.2, -0.15) is 0 Å². The van der Waals surface area contributed by atoms with Gasteiger partial charge in [-0.15, -0.1) is 22.9 Å². The number of aryl methyl sites for hydroxylation is 2. The van der Waals surface area contributed by atoms with E-state index in [2.05, 4.69) is 37.3 Å². The molecule has 1 aliphatic carbocycles. The molecule has 2 unspecified atom stereocenters. The first-order valence-electron chi connectivity index (χ1n) is 9.33. The van der Waals surface area contributed by atoms with Gasteiger partial charge in [-0.05, 0) is 56.2 Å². The molecule has 1 aromatic heterocycles. The highest BCUT2D eigenvalue weighted by molar-refractivity contribution is 7.13. The van der Waals surface area contributed by atoms with Crippen LogP contribution >= 0.6 is 22.9 Å². The van der Waals surface area contributed by atoms with Gasteiger partial charge in [-0.3, -0.25) is 0 Å². The van der Waals surface area contributed by atoms with Crippen molar-refractivity contribution in [2.24, 2.45) is 11.8 Å². The van der Waals surface area contributed by atoms with Crippen molar-refractivity contribution in [2.45, 2.75) is 44.1 Å². The molecule has 2 aromatic rings. The summed E-state index contributed by atoms with van der Waals surface area (Å²) in [6.07, 6.45) is 7.13. The summed E-state index contributed by atoms with van der Waals surface area (Å²) in [5.41, 5.74) is 2.35. The monoisotopic (exact) mass is 404 g/mol. The zero-order chi connectivity index (χ0) is 19.4. The van der Waals surface area contributed by atoms with Crippen molar-refractivity contribution in [1.29, 1.82) is 0 Å². The smallest absolute Gasteiger partial charge is 0.345 e. The van der Waals surface area contributed by atoms with E-state index in [0.29, 0.717) is 11.3 Å². The van der Waals surface area contributed by atoms with Gasteiger partial charge < -0.3 is 10.2 Å². The Labute approximate surface area is 169 Å². The Balaban J connectivity index is 1.60. The third-order valence-corrected chi connectivity index (χ3v) is 6.89. The fourth-order valence-electron chi connectivity index (χ4n) is 3.87. The number of carbonyl (C=O) groups is 1. The van der Waals surface area contributed by atoms with E-state index in [1.54, 1.807) is 6.07 Å². The fourth-order valence-corrected chi connectivity index (χ4v) is 5.23. The van der Waals surface area contributed by atoms with Gasteiger partial charge in [0.05, 0.1) is 6.10 Å². The number of rotatable bonds is 7. The third kappa shape index (κ3) is 5.22. The van der Waals surface area contributed by atoms with Crippen LogP contribution in [0.15, 0.2) is 42.5 Å². The number of benzene rings is 1. The molecule has 144 valence electrons. The van der Waals surface area contributed by atoms with Crippen LogP contribution < -0.4 is 0 Å². The Hall–Kier alpha value is -1.62. The number of aromatic carboxylic acids is 1. The van der Waals surface area contributed by atoms with Crippen molar-refractivity contribution in [3.05, 3.63) is 63.4 Å². The highest BCUT2D eigenvalue weighted by Crippen LogP contribution is 2.40. The fraction of sp³-hybridized carbons (Fsp3) is 0.409. The van der Waals surface area contributed by atoms with Gasteiger partial charge in [0, 0.05) is 16.2 Å². The second-order valence-electron chi connectivity index (χ2n) is 7.30. The summed E-state index contributed by atoms with van der Waals surface area (Å²) in [6.45, 7) is 2.07. The summed E-state index contributed by atoms with van der Waals surface area (Å²) in [5, 5.41) is 19.4. The highest BCUT2D eigenvalue weighted by atomic mass is 35.5. The lowest BCUT2D eigenvalue weighted by atomic mass is 9.89. The molecule has 3 nitrogen and oxygen atoms in total. The second kappa shape index (κ2) is 9.05. The molecule has 1 saturated carbocycles. The average molecular weight is 405 g/mol. The van der Waals surface area contributed by atoms with Crippen molar-refractivity contribution in [1.82, 2.24) is 0 Å². The lowest BCUT2D eigenvalue weighted by molar-refractivity contribution is 0.0702. The summed E-state index contributed by atoms with van der Waals surface area (Å²) in [5.74, 6) is -0.570. The molecule has 1 fully saturated rings. The van der Waals surface area contributed by atoms with Crippen molar-refractivity contribution in [3.8, 4) is 0 Å².